The first-order chi connectivity index (χ1) is 9.24. The quantitative estimate of drug-likeness (QED) is 0.868. The maximum atomic E-state index is 5.44. The number of benzene rings is 1. The summed E-state index contributed by atoms with van der Waals surface area (Å²) in [4.78, 5) is 0. The number of methoxy groups -OCH3 is 3. The van der Waals surface area contributed by atoms with E-state index < -0.39 is 0 Å². The molecule has 0 amide bonds. The van der Waals surface area contributed by atoms with E-state index in [0.29, 0.717) is 34.6 Å². The predicted octanol–water partition coefficient (Wildman–Crippen LogP) is 1.22. The number of aromatic nitrogens is 2. The van der Waals surface area contributed by atoms with Crippen molar-refractivity contribution in [2.45, 2.75) is 6.54 Å². The minimum absolute atomic E-state index is 0.183. The van der Waals surface area contributed by atoms with Crippen LogP contribution in [0.3, 0.4) is 0 Å². The normalized spacial score (nSPS) is 10.3. The number of nitrogens with zero attached hydrogens (tertiary/aromatic N) is 2. The molecule has 0 spiro atoms. The maximum absolute atomic E-state index is 5.44. The molecule has 102 valence electrons. The second-order valence-corrected chi connectivity index (χ2v) is 3.59. The smallest absolute Gasteiger partial charge is 0.251 e. The van der Waals surface area contributed by atoms with E-state index in [1.807, 2.05) is 0 Å². The third-order valence-electron chi connectivity index (χ3n) is 2.58. The van der Waals surface area contributed by atoms with Gasteiger partial charge < -0.3 is 24.4 Å². The van der Waals surface area contributed by atoms with Gasteiger partial charge >= 0.3 is 0 Å². The van der Waals surface area contributed by atoms with Gasteiger partial charge in [-0.05, 0) is 12.1 Å². The van der Waals surface area contributed by atoms with E-state index in [1.54, 1.807) is 19.2 Å². The summed E-state index contributed by atoms with van der Waals surface area (Å²) in [6.45, 7) is 0.183. The highest BCUT2D eigenvalue weighted by Gasteiger charge is 2.20. The number of nitrogens with two attached hydrogens (primary N) is 1. The van der Waals surface area contributed by atoms with Crippen LogP contribution in [0.5, 0.6) is 17.2 Å². The molecule has 7 heteroatoms. The maximum Gasteiger partial charge on any atom is 0.251 e. The Morgan fingerprint density at radius 2 is 1.79 bits per heavy atom. The summed E-state index contributed by atoms with van der Waals surface area (Å²) in [5.74, 6) is 2.16. The summed E-state index contributed by atoms with van der Waals surface area (Å²) in [6, 6.07) is 3.50. The molecule has 0 aliphatic rings. The van der Waals surface area contributed by atoms with Crippen molar-refractivity contribution in [3.05, 3.63) is 18.0 Å². The van der Waals surface area contributed by atoms with Gasteiger partial charge in [-0.25, -0.2) is 0 Å². The molecule has 1 aromatic heterocycles. The lowest BCUT2D eigenvalue weighted by Gasteiger charge is -2.13. The largest absolute Gasteiger partial charge is 0.493 e. The molecule has 1 aromatic carbocycles. The molecule has 0 saturated carbocycles. The van der Waals surface area contributed by atoms with Crippen LogP contribution in [-0.2, 0) is 6.54 Å². The monoisotopic (exact) mass is 265 g/mol. The highest BCUT2D eigenvalue weighted by atomic mass is 16.5. The summed E-state index contributed by atoms with van der Waals surface area (Å²) in [5, 5.41) is 7.74. The Morgan fingerprint density at radius 3 is 2.32 bits per heavy atom. The Balaban J connectivity index is 2.56. The lowest BCUT2D eigenvalue weighted by atomic mass is 10.1. The summed E-state index contributed by atoms with van der Waals surface area (Å²) >= 11 is 0. The third kappa shape index (κ3) is 2.32. The average molecular weight is 265 g/mol. The molecule has 0 fully saturated rings. The molecule has 0 radical (unpaired) electrons. The molecule has 2 N–H and O–H groups in total. The fourth-order valence-electron chi connectivity index (χ4n) is 1.71. The van der Waals surface area contributed by atoms with Crippen LogP contribution in [0.15, 0.2) is 16.5 Å². The van der Waals surface area contributed by atoms with E-state index in [1.165, 1.54) is 14.2 Å². The van der Waals surface area contributed by atoms with Crippen molar-refractivity contribution in [3.8, 4) is 28.7 Å². The molecule has 2 aromatic rings. The van der Waals surface area contributed by atoms with Crippen LogP contribution >= 0.6 is 0 Å². The van der Waals surface area contributed by atoms with Crippen molar-refractivity contribution < 1.29 is 18.6 Å². The van der Waals surface area contributed by atoms with Crippen molar-refractivity contribution in [3.63, 3.8) is 0 Å². The zero-order valence-corrected chi connectivity index (χ0v) is 11.0. The lowest BCUT2D eigenvalue weighted by Crippen LogP contribution is -1.97. The Kier molecular flexibility index (Phi) is 3.86. The summed E-state index contributed by atoms with van der Waals surface area (Å²) in [6.07, 6.45) is 0. The zero-order chi connectivity index (χ0) is 13.8. The van der Waals surface area contributed by atoms with Gasteiger partial charge in [0.25, 0.3) is 5.89 Å². The summed E-state index contributed by atoms with van der Waals surface area (Å²) in [7, 11) is 4.61. The van der Waals surface area contributed by atoms with Gasteiger partial charge in [-0.15, -0.1) is 10.2 Å². The van der Waals surface area contributed by atoms with Crippen LogP contribution in [0.1, 0.15) is 5.89 Å². The molecule has 0 saturated heterocycles. The van der Waals surface area contributed by atoms with Crippen molar-refractivity contribution in [2.24, 2.45) is 5.73 Å². The molecule has 0 aliphatic heterocycles. The van der Waals surface area contributed by atoms with Crippen LogP contribution in [0.25, 0.3) is 11.5 Å². The second kappa shape index (κ2) is 5.57. The van der Waals surface area contributed by atoms with Gasteiger partial charge in [-0.3, -0.25) is 0 Å². The molecule has 2 rings (SSSR count). The molecule has 19 heavy (non-hydrogen) atoms. The summed E-state index contributed by atoms with van der Waals surface area (Å²) < 4.78 is 21.2. The van der Waals surface area contributed by atoms with Crippen molar-refractivity contribution in [1.29, 1.82) is 0 Å². The number of hydrogen-bond acceptors (Lipinski definition) is 7. The molecule has 7 nitrogen and oxygen atoms in total. The first-order valence-electron chi connectivity index (χ1n) is 5.57. The molecular weight excluding hydrogens is 250 g/mol. The topological polar surface area (TPSA) is 92.6 Å². The number of ether oxygens (including phenoxy) is 3. The molecular formula is C12H15N3O4. The fourth-order valence-corrected chi connectivity index (χ4v) is 1.71. The van der Waals surface area contributed by atoms with Gasteiger partial charge in [0.2, 0.25) is 11.6 Å². The van der Waals surface area contributed by atoms with E-state index in [9.17, 15) is 0 Å². The average Bonchev–Trinajstić information content (AvgIpc) is 2.94. The van der Waals surface area contributed by atoms with Crippen LogP contribution < -0.4 is 19.9 Å². The number of rotatable bonds is 5. The molecule has 0 atom stereocenters. The standard InChI is InChI=1S/C12H15N3O4/c1-16-8-5-4-7(10(17-2)11(8)18-3)12-15-14-9(6-13)19-12/h4-5H,6,13H2,1-3H3. The van der Waals surface area contributed by atoms with Gasteiger partial charge in [-0.2, -0.15) is 0 Å². The van der Waals surface area contributed by atoms with Gasteiger partial charge in [-0.1, -0.05) is 0 Å². The van der Waals surface area contributed by atoms with Crippen LogP contribution in [0, 0.1) is 0 Å². The van der Waals surface area contributed by atoms with Crippen molar-refractivity contribution in [2.75, 3.05) is 21.3 Å². The van der Waals surface area contributed by atoms with Crippen LogP contribution in [-0.4, -0.2) is 31.5 Å². The van der Waals surface area contributed by atoms with Crippen molar-refractivity contribution >= 4 is 0 Å². The lowest BCUT2D eigenvalue weighted by molar-refractivity contribution is 0.324. The molecule has 1 heterocycles. The Morgan fingerprint density at radius 1 is 1.05 bits per heavy atom. The zero-order valence-electron chi connectivity index (χ0n) is 11.0. The van der Waals surface area contributed by atoms with E-state index in [0.717, 1.165) is 0 Å². The first-order valence-corrected chi connectivity index (χ1v) is 5.57. The fraction of sp³-hybridized carbons (Fsp3) is 0.333. The van der Waals surface area contributed by atoms with Gasteiger partial charge in [0.1, 0.15) is 0 Å². The van der Waals surface area contributed by atoms with Gasteiger partial charge in [0.05, 0.1) is 33.4 Å². The predicted molar refractivity (Wildman–Crippen MR) is 67.3 cm³/mol. The van der Waals surface area contributed by atoms with E-state index >= 15 is 0 Å². The van der Waals surface area contributed by atoms with Crippen LogP contribution in [0.4, 0.5) is 0 Å². The highest BCUT2D eigenvalue weighted by molar-refractivity contribution is 5.71. The van der Waals surface area contributed by atoms with Crippen LogP contribution in [0.2, 0.25) is 0 Å². The van der Waals surface area contributed by atoms with Crippen molar-refractivity contribution in [1.82, 2.24) is 10.2 Å². The Labute approximate surface area is 110 Å². The van der Waals surface area contributed by atoms with E-state index in [2.05, 4.69) is 10.2 Å². The Hall–Kier alpha value is -2.28. The minimum Gasteiger partial charge on any atom is -0.493 e. The van der Waals surface area contributed by atoms with E-state index in [-0.39, 0.29) is 6.54 Å². The molecule has 0 aliphatic carbocycles. The Bertz CT molecular complexity index is 568. The minimum atomic E-state index is 0.183. The SMILES string of the molecule is COc1ccc(-c2nnc(CN)o2)c(OC)c1OC. The second-order valence-electron chi connectivity index (χ2n) is 3.59. The molecule has 0 bridgehead atoms. The van der Waals surface area contributed by atoms with E-state index in [4.69, 9.17) is 24.4 Å². The summed E-state index contributed by atoms with van der Waals surface area (Å²) in [5.41, 5.74) is 6.06. The van der Waals surface area contributed by atoms with Gasteiger partial charge in [0.15, 0.2) is 11.5 Å². The molecule has 0 unspecified atom stereocenters. The third-order valence-corrected chi connectivity index (χ3v) is 2.58. The van der Waals surface area contributed by atoms with Gasteiger partial charge in [0, 0.05) is 0 Å². The number of hydrogen-bond donors (Lipinski definition) is 1. The first kappa shape index (κ1) is 13.2. The highest BCUT2D eigenvalue weighted by Crippen LogP contribution is 2.43.